The third-order valence-corrected chi connectivity index (χ3v) is 5.39. The Hall–Kier alpha value is -0.430. The molecular formula is C11H19NO3S2. The Kier molecular flexibility index (Phi) is 5.58. The Morgan fingerprint density at radius 3 is 2.65 bits per heavy atom. The minimum absolute atomic E-state index is 0.396. The average molecular weight is 277 g/mol. The molecule has 0 saturated carbocycles. The molecule has 0 saturated heterocycles. The van der Waals surface area contributed by atoms with E-state index in [1.165, 1.54) is 4.31 Å². The van der Waals surface area contributed by atoms with Gasteiger partial charge in [0.15, 0.2) is 0 Å². The van der Waals surface area contributed by atoms with Crippen LogP contribution in [0.15, 0.2) is 16.8 Å². The highest BCUT2D eigenvalue weighted by Crippen LogP contribution is 2.15. The summed E-state index contributed by atoms with van der Waals surface area (Å²) < 4.78 is 30.7. The zero-order valence-corrected chi connectivity index (χ0v) is 12.1. The standard InChI is InChI=1S/C11H19NO3S2/c1-10(2)17(13,14)12(5-6-15-3)8-11-4-7-16-9-11/h4,7,9-10H,5-6,8H2,1-3H3. The fourth-order valence-corrected chi connectivity index (χ4v) is 3.29. The molecule has 17 heavy (non-hydrogen) atoms. The average Bonchev–Trinajstić information content (AvgIpc) is 2.76. The van der Waals surface area contributed by atoms with Crippen molar-refractivity contribution in [2.45, 2.75) is 25.6 Å². The molecule has 1 heterocycles. The molecule has 1 rings (SSSR count). The van der Waals surface area contributed by atoms with Crippen molar-refractivity contribution in [3.63, 3.8) is 0 Å². The van der Waals surface area contributed by atoms with E-state index in [1.807, 2.05) is 16.8 Å². The van der Waals surface area contributed by atoms with Gasteiger partial charge in [-0.1, -0.05) is 0 Å². The maximum Gasteiger partial charge on any atom is 0.216 e. The SMILES string of the molecule is COCCN(Cc1ccsc1)S(=O)(=O)C(C)C. The van der Waals surface area contributed by atoms with E-state index < -0.39 is 15.3 Å². The second kappa shape index (κ2) is 6.49. The lowest BCUT2D eigenvalue weighted by atomic mass is 10.3. The minimum atomic E-state index is -3.23. The predicted octanol–water partition coefficient (Wildman–Crippen LogP) is 1.93. The minimum Gasteiger partial charge on any atom is -0.383 e. The lowest BCUT2D eigenvalue weighted by Gasteiger charge is -2.23. The van der Waals surface area contributed by atoms with Gasteiger partial charge in [-0.15, -0.1) is 0 Å². The van der Waals surface area contributed by atoms with Crippen LogP contribution in [0, 0.1) is 0 Å². The van der Waals surface area contributed by atoms with E-state index in [1.54, 1.807) is 32.3 Å². The first kappa shape index (κ1) is 14.6. The van der Waals surface area contributed by atoms with Gasteiger partial charge < -0.3 is 4.74 Å². The van der Waals surface area contributed by atoms with Crippen LogP contribution in [-0.2, 0) is 21.3 Å². The summed E-state index contributed by atoms with van der Waals surface area (Å²) in [5, 5.41) is 3.51. The van der Waals surface area contributed by atoms with Gasteiger partial charge in [-0.3, -0.25) is 0 Å². The Morgan fingerprint density at radius 2 is 2.18 bits per heavy atom. The fourth-order valence-electron chi connectivity index (χ4n) is 1.37. The molecule has 0 amide bonds. The molecule has 0 spiro atoms. The van der Waals surface area contributed by atoms with Crippen molar-refractivity contribution in [2.24, 2.45) is 0 Å². The maximum atomic E-state index is 12.1. The highest BCUT2D eigenvalue weighted by Gasteiger charge is 2.25. The number of rotatable bonds is 7. The van der Waals surface area contributed by atoms with Crippen LogP contribution in [0.3, 0.4) is 0 Å². The summed E-state index contributed by atoms with van der Waals surface area (Å²) >= 11 is 1.57. The number of thiophene rings is 1. The molecule has 0 bridgehead atoms. The monoisotopic (exact) mass is 277 g/mol. The highest BCUT2D eigenvalue weighted by molar-refractivity contribution is 7.89. The molecule has 6 heteroatoms. The van der Waals surface area contributed by atoms with Crippen LogP contribution < -0.4 is 0 Å². The Balaban J connectivity index is 2.80. The van der Waals surface area contributed by atoms with Gasteiger partial charge in [0.1, 0.15) is 0 Å². The zero-order valence-electron chi connectivity index (χ0n) is 10.4. The molecule has 98 valence electrons. The molecule has 0 aliphatic carbocycles. The van der Waals surface area contributed by atoms with Gasteiger partial charge in [0.05, 0.1) is 11.9 Å². The van der Waals surface area contributed by atoms with E-state index in [0.717, 1.165) is 5.56 Å². The number of hydrogen-bond acceptors (Lipinski definition) is 4. The molecule has 0 radical (unpaired) electrons. The quantitative estimate of drug-likeness (QED) is 0.765. The van der Waals surface area contributed by atoms with Gasteiger partial charge in [0.25, 0.3) is 0 Å². The smallest absolute Gasteiger partial charge is 0.216 e. The molecule has 0 unspecified atom stereocenters. The summed E-state index contributed by atoms with van der Waals surface area (Å²) in [6.07, 6.45) is 0. The van der Waals surface area contributed by atoms with E-state index in [4.69, 9.17) is 4.74 Å². The van der Waals surface area contributed by atoms with Gasteiger partial charge in [0.2, 0.25) is 10.0 Å². The summed E-state index contributed by atoms with van der Waals surface area (Å²) in [6.45, 7) is 4.63. The van der Waals surface area contributed by atoms with Crippen molar-refractivity contribution in [2.75, 3.05) is 20.3 Å². The Bertz CT molecular complexity index is 412. The van der Waals surface area contributed by atoms with Gasteiger partial charge in [0, 0.05) is 20.2 Å². The van der Waals surface area contributed by atoms with Gasteiger partial charge in [-0.2, -0.15) is 15.6 Å². The molecule has 4 nitrogen and oxygen atoms in total. The summed E-state index contributed by atoms with van der Waals surface area (Å²) in [5.74, 6) is 0. The van der Waals surface area contributed by atoms with Crippen LogP contribution in [0.2, 0.25) is 0 Å². The van der Waals surface area contributed by atoms with E-state index in [-0.39, 0.29) is 0 Å². The van der Waals surface area contributed by atoms with Crippen molar-refractivity contribution < 1.29 is 13.2 Å². The van der Waals surface area contributed by atoms with E-state index in [0.29, 0.717) is 19.7 Å². The van der Waals surface area contributed by atoms with E-state index in [2.05, 4.69) is 0 Å². The highest BCUT2D eigenvalue weighted by atomic mass is 32.2. The number of hydrogen-bond donors (Lipinski definition) is 0. The van der Waals surface area contributed by atoms with Crippen LogP contribution in [0.4, 0.5) is 0 Å². The lowest BCUT2D eigenvalue weighted by molar-refractivity contribution is 0.177. The number of ether oxygens (including phenoxy) is 1. The van der Waals surface area contributed by atoms with Gasteiger partial charge in [-0.25, -0.2) is 8.42 Å². The summed E-state index contributed by atoms with van der Waals surface area (Å²) in [7, 11) is -1.66. The number of sulfonamides is 1. The van der Waals surface area contributed by atoms with E-state index in [9.17, 15) is 8.42 Å². The predicted molar refractivity (Wildman–Crippen MR) is 70.7 cm³/mol. The molecule has 0 fully saturated rings. The zero-order chi connectivity index (χ0) is 12.9. The molecule has 0 aliphatic heterocycles. The van der Waals surface area contributed by atoms with Gasteiger partial charge in [-0.05, 0) is 36.2 Å². The van der Waals surface area contributed by atoms with Crippen molar-refractivity contribution in [1.82, 2.24) is 4.31 Å². The molecule has 1 aromatic rings. The summed E-state index contributed by atoms with van der Waals surface area (Å²) in [6, 6.07) is 1.94. The summed E-state index contributed by atoms with van der Waals surface area (Å²) in [4.78, 5) is 0. The first-order valence-corrected chi connectivity index (χ1v) is 7.92. The summed E-state index contributed by atoms with van der Waals surface area (Å²) in [5.41, 5.74) is 1.02. The third kappa shape index (κ3) is 4.06. The molecule has 0 N–H and O–H groups in total. The topological polar surface area (TPSA) is 46.6 Å². The Morgan fingerprint density at radius 1 is 1.47 bits per heavy atom. The first-order valence-electron chi connectivity index (χ1n) is 5.47. The normalized spacial score (nSPS) is 12.5. The van der Waals surface area contributed by atoms with Crippen molar-refractivity contribution in [1.29, 1.82) is 0 Å². The molecule has 1 aromatic heterocycles. The fraction of sp³-hybridized carbons (Fsp3) is 0.636. The molecule has 0 aromatic carbocycles. The van der Waals surface area contributed by atoms with Crippen LogP contribution in [0.25, 0.3) is 0 Å². The second-order valence-electron chi connectivity index (χ2n) is 4.05. The van der Waals surface area contributed by atoms with Crippen LogP contribution in [-0.4, -0.2) is 38.2 Å². The molecule has 0 atom stereocenters. The van der Waals surface area contributed by atoms with Crippen molar-refractivity contribution in [3.05, 3.63) is 22.4 Å². The second-order valence-corrected chi connectivity index (χ2v) is 7.32. The molecule has 0 aliphatic rings. The third-order valence-electron chi connectivity index (χ3n) is 2.44. The maximum absolute atomic E-state index is 12.1. The van der Waals surface area contributed by atoms with Crippen LogP contribution in [0.5, 0.6) is 0 Å². The van der Waals surface area contributed by atoms with Gasteiger partial charge >= 0.3 is 0 Å². The van der Waals surface area contributed by atoms with Crippen molar-refractivity contribution >= 4 is 21.4 Å². The first-order chi connectivity index (χ1) is 7.98. The Labute approximate surface area is 107 Å². The lowest BCUT2D eigenvalue weighted by Crippen LogP contribution is -2.37. The van der Waals surface area contributed by atoms with Crippen LogP contribution >= 0.6 is 11.3 Å². The molecular weight excluding hydrogens is 258 g/mol. The number of nitrogens with zero attached hydrogens (tertiary/aromatic N) is 1. The van der Waals surface area contributed by atoms with Crippen molar-refractivity contribution in [3.8, 4) is 0 Å². The number of methoxy groups -OCH3 is 1. The van der Waals surface area contributed by atoms with Crippen LogP contribution in [0.1, 0.15) is 19.4 Å². The van der Waals surface area contributed by atoms with E-state index >= 15 is 0 Å². The largest absolute Gasteiger partial charge is 0.383 e.